The lowest BCUT2D eigenvalue weighted by molar-refractivity contribution is -0.114. The van der Waals surface area contributed by atoms with Crippen LogP contribution in [-0.4, -0.2) is 20.3 Å². The second kappa shape index (κ2) is 9.54. The van der Waals surface area contributed by atoms with E-state index in [1.54, 1.807) is 48.5 Å². The van der Waals surface area contributed by atoms with Crippen molar-refractivity contribution in [2.75, 3.05) is 5.32 Å². The Hall–Kier alpha value is -3.19. The molecule has 0 bridgehead atoms. The van der Waals surface area contributed by atoms with Gasteiger partial charge in [0.2, 0.25) is 5.91 Å². The standard InChI is InChI=1S/C22H23ClN4O3/c1-3-4-8-20-21(29)26(14-16-9-11-17(23)12-10-16)22(30)27(25-20)19-7-5-6-18(13-19)24-15(2)28/h5-7,9-13H,3-4,8,14H2,1-2H3,(H,24,28). The maximum absolute atomic E-state index is 13.2. The molecule has 0 aliphatic rings. The average Bonchev–Trinajstić information content (AvgIpc) is 2.71. The predicted octanol–water partition coefficient (Wildman–Crippen LogP) is 3.40. The zero-order valence-corrected chi connectivity index (χ0v) is 17.6. The Morgan fingerprint density at radius 1 is 1.13 bits per heavy atom. The molecule has 0 fully saturated rings. The highest BCUT2D eigenvalue weighted by Crippen LogP contribution is 2.13. The van der Waals surface area contributed by atoms with Crippen molar-refractivity contribution in [2.24, 2.45) is 0 Å². The van der Waals surface area contributed by atoms with Gasteiger partial charge in [0.05, 0.1) is 12.2 Å². The lowest BCUT2D eigenvalue weighted by atomic mass is 10.2. The van der Waals surface area contributed by atoms with Crippen LogP contribution < -0.4 is 16.6 Å². The van der Waals surface area contributed by atoms with Gasteiger partial charge in [-0.1, -0.05) is 43.1 Å². The lowest BCUT2D eigenvalue weighted by Crippen LogP contribution is -2.43. The van der Waals surface area contributed by atoms with Crippen LogP contribution in [0.3, 0.4) is 0 Å². The van der Waals surface area contributed by atoms with E-state index in [0.29, 0.717) is 28.5 Å². The Kier molecular flexibility index (Phi) is 6.84. The molecule has 1 heterocycles. The SMILES string of the molecule is CCCCc1nn(-c2cccc(NC(C)=O)c2)c(=O)n(Cc2ccc(Cl)cc2)c1=O. The van der Waals surface area contributed by atoms with Crippen molar-refractivity contribution < 1.29 is 4.79 Å². The van der Waals surface area contributed by atoms with Crippen LogP contribution in [0.4, 0.5) is 5.69 Å². The monoisotopic (exact) mass is 426 g/mol. The third kappa shape index (κ3) is 5.04. The summed E-state index contributed by atoms with van der Waals surface area (Å²) in [5, 5.41) is 7.62. The van der Waals surface area contributed by atoms with Crippen molar-refractivity contribution in [1.82, 2.24) is 14.3 Å². The number of nitrogens with zero attached hydrogens (tertiary/aromatic N) is 3. The van der Waals surface area contributed by atoms with E-state index in [1.807, 2.05) is 6.92 Å². The molecule has 3 aromatic rings. The van der Waals surface area contributed by atoms with Crippen LogP contribution in [0.1, 0.15) is 37.9 Å². The molecular weight excluding hydrogens is 404 g/mol. The van der Waals surface area contributed by atoms with Gasteiger partial charge < -0.3 is 5.32 Å². The van der Waals surface area contributed by atoms with E-state index in [-0.39, 0.29) is 12.5 Å². The Labute approximate surface area is 178 Å². The molecule has 8 heteroatoms. The summed E-state index contributed by atoms with van der Waals surface area (Å²) in [6.45, 7) is 3.55. The topological polar surface area (TPSA) is 86.0 Å². The zero-order chi connectivity index (χ0) is 21.7. The van der Waals surface area contributed by atoms with Gasteiger partial charge in [0.15, 0.2) is 0 Å². The number of carbonyl (C=O) groups is 1. The maximum atomic E-state index is 13.2. The normalized spacial score (nSPS) is 10.8. The molecule has 0 radical (unpaired) electrons. The van der Waals surface area contributed by atoms with Crippen molar-refractivity contribution in [1.29, 1.82) is 0 Å². The van der Waals surface area contributed by atoms with Gasteiger partial charge in [-0.05, 0) is 48.7 Å². The van der Waals surface area contributed by atoms with Gasteiger partial charge in [0.1, 0.15) is 5.69 Å². The van der Waals surface area contributed by atoms with E-state index in [9.17, 15) is 14.4 Å². The van der Waals surface area contributed by atoms with E-state index < -0.39 is 11.2 Å². The highest BCUT2D eigenvalue weighted by Gasteiger charge is 2.15. The number of anilines is 1. The molecule has 156 valence electrons. The number of amides is 1. The fraction of sp³-hybridized carbons (Fsp3) is 0.273. The number of nitrogens with one attached hydrogen (secondary N) is 1. The number of halogens is 1. The molecule has 0 aliphatic carbocycles. The van der Waals surface area contributed by atoms with Crippen LogP contribution in [0, 0.1) is 0 Å². The Bertz CT molecular complexity index is 1170. The summed E-state index contributed by atoms with van der Waals surface area (Å²) in [4.78, 5) is 37.5. The van der Waals surface area contributed by atoms with Crippen molar-refractivity contribution in [3.8, 4) is 5.69 Å². The van der Waals surface area contributed by atoms with Crippen LogP contribution in [-0.2, 0) is 17.8 Å². The van der Waals surface area contributed by atoms with E-state index in [4.69, 9.17) is 11.6 Å². The number of rotatable bonds is 7. The largest absolute Gasteiger partial charge is 0.352 e. The Morgan fingerprint density at radius 3 is 2.53 bits per heavy atom. The van der Waals surface area contributed by atoms with E-state index in [1.165, 1.54) is 16.2 Å². The van der Waals surface area contributed by atoms with Gasteiger partial charge in [-0.2, -0.15) is 9.78 Å². The summed E-state index contributed by atoms with van der Waals surface area (Å²) < 4.78 is 2.40. The van der Waals surface area contributed by atoms with Crippen molar-refractivity contribution in [3.05, 3.63) is 85.6 Å². The molecule has 0 spiro atoms. The first kappa shape index (κ1) is 21.5. The fourth-order valence-electron chi connectivity index (χ4n) is 3.06. The number of aromatic nitrogens is 3. The molecule has 1 aromatic heterocycles. The molecule has 1 N–H and O–H groups in total. The fourth-order valence-corrected chi connectivity index (χ4v) is 3.19. The van der Waals surface area contributed by atoms with Crippen LogP contribution >= 0.6 is 11.6 Å². The highest BCUT2D eigenvalue weighted by molar-refractivity contribution is 6.30. The van der Waals surface area contributed by atoms with Crippen molar-refractivity contribution in [2.45, 2.75) is 39.7 Å². The number of hydrogen-bond donors (Lipinski definition) is 1. The summed E-state index contributed by atoms with van der Waals surface area (Å²) in [7, 11) is 0. The third-order valence-corrected chi connectivity index (χ3v) is 4.81. The molecule has 3 rings (SSSR count). The Balaban J connectivity index is 2.13. The first-order valence-corrected chi connectivity index (χ1v) is 10.1. The minimum atomic E-state index is -0.546. The summed E-state index contributed by atoms with van der Waals surface area (Å²) in [5.41, 5.74) is 1.18. The molecule has 1 amide bonds. The van der Waals surface area contributed by atoms with Crippen LogP contribution in [0.2, 0.25) is 5.02 Å². The van der Waals surface area contributed by atoms with E-state index in [2.05, 4.69) is 10.4 Å². The van der Waals surface area contributed by atoms with E-state index in [0.717, 1.165) is 18.4 Å². The molecular formula is C22H23ClN4O3. The zero-order valence-electron chi connectivity index (χ0n) is 16.9. The third-order valence-electron chi connectivity index (χ3n) is 4.56. The molecule has 0 unspecified atom stereocenters. The van der Waals surface area contributed by atoms with Gasteiger partial charge >= 0.3 is 5.69 Å². The Morgan fingerprint density at radius 2 is 1.87 bits per heavy atom. The number of hydrogen-bond acceptors (Lipinski definition) is 4. The lowest BCUT2D eigenvalue weighted by Gasteiger charge is -2.13. The molecule has 0 saturated carbocycles. The van der Waals surface area contributed by atoms with Crippen LogP contribution in [0.15, 0.2) is 58.1 Å². The summed E-state index contributed by atoms with van der Waals surface area (Å²) in [6.07, 6.45) is 2.16. The summed E-state index contributed by atoms with van der Waals surface area (Å²) in [5.74, 6) is -0.219. The molecule has 2 aromatic carbocycles. The van der Waals surface area contributed by atoms with Crippen molar-refractivity contribution >= 4 is 23.2 Å². The first-order valence-electron chi connectivity index (χ1n) is 9.74. The summed E-state index contributed by atoms with van der Waals surface area (Å²) >= 11 is 5.94. The average molecular weight is 427 g/mol. The number of carbonyl (C=O) groups excluding carboxylic acids is 1. The second-order valence-corrected chi connectivity index (χ2v) is 7.43. The van der Waals surface area contributed by atoms with Gasteiger partial charge in [0, 0.05) is 17.6 Å². The number of aryl methyl sites for hydroxylation is 1. The minimum Gasteiger partial charge on any atom is -0.326 e. The van der Waals surface area contributed by atoms with Gasteiger partial charge in [-0.25, -0.2) is 4.79 Å². The van der Waals surface area contributed by atoms with Gasteiger partial charge in [-0.15, -0.1) is 0 Å². The minimum absolute atomic E-state index is 0.113. The predicted molar refractivity (Wildman–Crippen MR) is 118 cm³/mol. The molecule has 0 atom stereocenters. The first-order chi connectivity index (χ1) is 14.4. The molecule has 7 nitrogen and oxygen atoms in total. The quantitative estimate of drug-likeness (QED) is 0.627. The van der Waals surface area contributed by atoms with E-state index >= 15 is 0 Å². The van der Waals surface area contributed by atoms with Crippen LogP contribution in [0.5, 0.6) is 0 Å². The van der Waals surface area contributed by atoms with Gasteiger partial charge in [0.25, 0.3) is 5.56 Å². The molecule has 0 saturated heterocycles. The second-order valence-electron chi connectivity index (χ2n) is 6.99. The number of unbranched alkanes of at least 4 members (excludes halogenated alkanes) is 1. The smallest absolute Gasteiger partial charge is 0.326 e. The summed E-state index contributed by atoms with van der Waals surface area (Å²) in [6, 6.07) is 13.8. The number of benzene rings is 2. The molecule has 0 aliphatic heterocycles. The molecule has 30 heavy (non-hydrogen) atoms. The van der Waals surface area contributed by atoms with Gasteiger partial charge in [-0.3, -0.25) is 14.2 Å². The maximum Gasteiger partial charge on any atom is 0.352 e. The van der Waals surface area contributed by atoms with Crippen molar-refractivity contribution in [3.63, 3.8) is 0 Å². The van der Waals surface area contributed by atoms with Crippen LogP contribution in [0.25, 0.3) is 5.69 Å². The highest BCUT2D eigenvalue weighted by atomic mass is 35.5.